The number of benzene rings is 8. The van der Waals surface area contributed by atoms with Crippen LogP contribution in [0, 0.1) is 0 Å². The quantitative estimate of drug-likeness (QED) is 0.184. The summed E-state index contributed by atoms with van der Waals surface area (Å²) in [5.74, 6) is 0. The third-order valence-corrected chi connectivity index (χ3v) is 10.8. The lowest BCUT2D eigenvalue weighted by Gasteiger charge is -2.26. The molecule has 242 valence electrons. The van der Waals surface area contributed by atoms with E-state index in [1.807, 2.05) is 0 Å². The van der Waals surface area contributed by atoms with Crippen LogP contribution in [0.3, 0.4) is 0 Å². The number of furan rings is 1. The van der Waals surface area contributed by atoms with Crippen LogP contribution in [0.4, 0.5) is 17.1 Å². The minimum atomic E-state index is -0.0983. The van der Waals surface area contributed by atoms with Crippen molar-refractivity contribution in [3.8, 4) is 33.4 Å². The lowest BCUT2D eigenvalue weighted by Crippen LogP contribution is -2.14. The van der Waals surface area contributed by atoms with Crippen molar-refractivity contribution in [2.24, 2.45) is 0 Å². The molecule has 51 heavy (non-hydrogen) atoms. The van der Waals surface area contributed by atoms with Gasteiger partial charge in [-0.2, -0.15) is 0 Å². The Morgan fingerprint density at radius 3 is 1.94 bits per heavy atom. The van der Waals surface area contributed by atoms with E-state index < -0.39 is 0 Å². The van der Waals surface area contributed by atoms with Gasteiger partial charge >= 0.3 is 0 Å². The van der Waals surface area contributed by atoms with E-state index in [1.54, 1.807) is 0 Å². The molecule has 0 unspecified atom stereocenters. The van der Waals surface area contributed by atoms with Crippen LogP contribution < -0.4 is 4.90 Å². The van der Waals surface area contributed by atoms with Gasteiger partial charge in [0.1, 0.15) is 11.2 Å². The van der Waals surface area contributed by atoms with Crippen molar-refractivity contribution in [3.63, 3.8) is 0 Å². The average molecular weight is 654 g/mol. The lowest BCUT2D eigenvalue weighted by atomic mass is 9.81. The summed E-state index contributed by atoms with van der Waals surface area (Å²) < 4.78 is 6.99. The zero-order valence-corrected chi connectivity index (χ0v) is 28.6. The van der Waals surface area contributed by atoms with E-state index in [4.69, 9.17) is 4.42 Å². The fourth-order valence-corrected chi connectivity index (χ4v) is 8.38. The first kappa shape index (κ1) is 29.5. The molecule has 9 aromatic rings. The van der Waals surface area contributed by atoms with Gasteiger partial charge in [-0.25, -0.2) is 0 Å². The number of rotatable bonds is 5. The Labute approximate surface area is 297 Å². The number of para-hydroxylation sites is 1. The third kappa shape index (κ3) is 4.57. The first-order chi connectivity index (χ1) is 25.1. The van der Waals surface area contributed by atoms with Crippen molar-refractivity contribution in [1.82, 2.24) is 0 Å². The Bertz CT molecular complexity index is 2760. The van der Waals surface area contributed by atoms with Crippen molar-refractivity contribution < 1.29 is 4.42 Å². The van der Waals surface area contributed by atoms with E-state index in [-0.39, 0.29) is 5.41 Å². The lowest BCUT2D eigenvalue weighted by molar-refractivity contribution is 0.660. The van der Waals surface area contributed by atoms with E-state index in [2.05, 4.69) is 195 Å². The SMILES string of the molecule is CC1(C)c2ccccc2-c2ccc(-c3c4ccccc4cc4c3oc3cccc(N(c5ccccc5)c5ccc(-c6ccccc6)cc5)c34)cc21. The largest absolute Gasteiger partial charge is 0.455 e. The molecule has 2 nitrogen and oxygen atoms in total. The zero-order chi connectivity index (χ0) is 34.1. The first-order valence-corrected chi connectivity index (χ1v) is 17.7. The second kappa shape index (κ2) is 11.3. The number of anilines is 3. The van der Waals surface area contributed by atoms with Gasteiger partial charge in [0.2, 0.25) is 0 Å². The minimum absolute atomic E-state index is 0.0983. The Hall–Kier alpha value is -6.38. The molecule has 0 bridgehead atoms. The summed E-state index contributed by atoms with van der Waals surface area (Å²) in [5, 5.41) is 4.60. The van der Waals surface area contributed by atoms with Gasteiger partial charge in [-0.15, -0.1) is 0 Å². The maximum atomic E-state index is 6.99. The molecule has 10 rings (SSSR count). The molecule has 1 heterocycles. The molecule has 0 fully saturated rings. The molecule has 0 N–H and O–H groups in total. The normalized spacial score (nSPS) is 13.1. The predicted octanol–water partition coefficient (Wildman–Crippen LogP) is 13.8. The third-order valence-electron chi connectivity index (χ3n) is 10.8. The van der Waals surface area contributed by atoms with Crippen LogP contribution in [0.1, 0.15) is 25.0 Å². The Balaban J connectivity index is 1.21. The number of hydrogen-bond acceptors (Lipinski definition) is 2. The molecule has 0 amide bonds. The molecule has 1 aliphatic rings. The highest BCUT2D eigenvalue weighted by atomic mass is 16.3. The summed E-state index contributed by atoms with van der Waals surface area (Å²) in [4.78, 5) is 2.36. The fourth-order valence-electron chi connectivity index (χ4n) is 8.38. The maximum Gasteiger partial charge on any atom is 0.143 e. The summed E-state index contributed by atoms with van der Waals surface area (Å²) in [7, 11) is 0. The summed E-state index contributed by atoms with van der Waals surface area (Å²) in [5.41, 5.74) is 15.0. The van der Waals surface area contributed by atoms with E-state index in [9.17, 15) is 0 Å². The first-order valence-electron chi connectivity index (χ1n) is 17.7. The van der Waals surface area contributed by atoms with Gasteiger partial charge in [0.15, 0.2) is 0 Å². The Morgan fingerprint density at radius 2 is 1.12 bits per heavy atom. The van der Waals surface area contributed by atoms with Crippen molar-refractivity contribution in [2.75, 3.05) is 4.90 Å². The van der Waals surface area contributed by atoms with Gasteiger partial charge < -0.3 is 9.32 Å². The monoisotopic (exact) mass is 653 g/mol. The minimum Gasteiger partial charge on any atom is -0.455 e. The van der Waals surface area contributed by atoms with Crippen LogP contribution in [0.15, 0.2) is 180 Å². The van der Waals surface area contributed by atoms with Crippen molar-refractivity contribution in [3.05, 3.63) is 187 Å². The predicted molar refractivity (Wildman–Crippen MR) is 214 cm³/mol. The van der Waals surface area contributed by atoms with Crippen LogP contribution >= 0.6 is 0 Å². The second-order valence-electron chi connectivity index (χ2n) is 14.1. The summed E-state index contributed by atoms with van der Waals surface area (Å²) in [6.07, 6.45) is 0. The molecule has 0 saturated heterocycles. The summed E-state index contributed by atoms with van der Waals surface area (Å²) in [6, 6.07) is 63.4. The topological polar surface area (TPSA) is 16.4 Å². The van der Waals surface area contributed by atoms with Crippen LogP contribution in [0.5, 0.6) is 0 Å². The summed E-state index contributed by atoms with van der Waals surface area (Å²) in [6.45, 7) is 4.69. The van der Waals surface area contributed by atoms with E-state index in [0.717, 1.165) is 44.6 Å². The van der Waals surface area contributed by atoms with Crippen LogP contribution in [-0.4, -0.2) is 0 Å². The van der Waals surface area contributed by atoms with Gasteiger partial charge in [0.25, 0.3) is 0 Å². The maximum absolute atomic E-state index is 6.99. The molecule has 0 radical (unpaired) electrons. The van der Waals surface area contributed by atoms with Crippen LogP contribution in [0.25, 0.3) is 66.1 Å². The van der Waals surface area contributed by atoms with Gasteiger partial charge in [0, 0.05) is 27.7 Å². The molecule has 0 saturated carbocycles. The van der Waals surface area contributed by atoms with Gasteiger partial charge in [-0.1, -0.05) is 141 Å². The highest BCUT2D eigenvalue weighted by molar-refractivity contribution is 6.22. The molecule has 0 spiro atoms. The average Bonchev–Trinajstić information content (AvgIpc) is 3.67. The van der Waals surface area contributed by atoms with Gasteiger partial charge in [0.05, 0.1) is 11.1 Å². The molecule has 8 aromatic carbocycles. The van der Waals surface area contributed by atoms with E-state index >= 15 is 0 Å². The zero-order valence-electron chi connectivity index (χ0n) is 28.6. The molecular weight excluding hydrogens is 619 g/mol. The van der Waals surface area contributed by atoms with Crippen molar-refractivity contribution >= 4 is 49.8 Å². The Kier molecular flexibility index (Phi) is 6.56. The van der Waals surface area contributed by atoms with Crippen LogP contribution in [-0.2, 0) is 5.41 Å². The number of nitrogens with zero attached hydrogens (tertiary/aromatic N) is 1. The van der Waals surface area contributed by atoms with Crippen molar-refractivity contribution in [2.45, 2.75) is 19.3 Å². The van der Waals surface area contributed by atoms with Gasteiger partial charge in [-0.05, 0) is 98.2 Å². The number of fused-ring (bicyclic) bond motifs is 7. The molecular formula is C49H35NO. The van der Waals surface area contributed by atoms with E-state index in [1.165, 1.54) is 49.7 Å². The van der Waals surface area contributed by atoms with Gasteiger partial charge in [-0.3, -0.25) is 0 Å². The highest BCUT2D eigenvalue weighted by Crippen LogP contribution is 2.52. The Morgan fingerprint density at radius 1 is 0.471 bits per heavy atom. The van der Waals surface area contributed by atoms with Crippen molar-refractivity contribution in [1.29, 1.82) is 0 Å². The van der Waals surface area contributed by atoms with E-state index in [0.29, 0.717) is 0 Å². The molecule has 0 atom stereocenters. The van der Waals surface area contributed by atoms with Crippen LogP contribution in [0.2, 0.25) is 0 Å². The fraction of sp³-hybridized carbons (Fsp3) is 0.0612. The second-order valence-corrected chi connectivity index (χ2v) is 14.1. The molecule has 1 aliphatic carbocycles. The summed E-state index contributed by atoms with van der Waals surface area (Å²) >= 11 is 0. The molecule has 0 aliphatic heterocycles. The molecule has 1 aromatic heterocycles. The molecule has 2 heteroatoms. The highest BCUT2D eigenvalue weighted by Gasteiger charge is 2.35. The smallest absolute Gasteiger partial charge is 0.143 e. The standard InChI is InChI=1S/C49H35NO/c1-49(2)42-21-12-11-20-39(42)40-29-26-35(31-43(40)49)46-38-19-10-9-16-34(38)30-41-47-44(22-13-23-45(47)51-48(41)46)50(36-17-7-4-8-18-36)37-27-24-33(25-28-37)32-14-5-3-6-15-32/h3-31H,1-2H3. The number of hydrogen-bond donors (Lipinski definition) is 0.